The number of benzene rings is 1. The van der Waals surface area contributed by atoms with Crippen molar-refractivity contribution >= 4 is 29.9 Å². The van der Waals surface area contributed by atoms with Crippen molar-refractivity contribution in [3.05, 3.63) is 35.4 Å². The van der Waals surface area contributed by atoms with Gasteiger partial charge >= 0.3 is 0 Å². The molecule has 0 radical (unpaired) electrons. The number of nitrogens with one attached hydrogen (secondary N) is 2. The second-order valence-electron chi connectivity index (χ2n) is 6.07. The van der Waals surface area contributed by atoms with Gasteiger partial charge in [0.25, 0.3) is 0 Å². The molecular weight excluding hydrogens is 443 g/mol. The van der Waals surface area contributed by atoms with Gasteiger partial charge in [0.1, 0.15) is 0 Å². The van der Waals surface area contributed by atoms with Crippen LogP contribution in [0.5, 0.6) is 0 Å². The van der Waals surface area contributed by atoms with E-state index in [1.54, 1.807) is 0 Å². The van der Waals surface area contributed by atoms with Gasteiger partial charge in [-0.3, -0.25) is 4.99 Å². The van der Waals surface area contributed by atoms with Crippen molar-refractivity contribution in [1.82, 2.24) is 10.6 Å². The fourth-order valence-corrected chi connectivity index (χ4v) is 2.53. The first kappa shape index (κ1) is 22.0. The Balaban J connectivity index is 0.00000312. The Morgan fingerprint density at radius 3 is 2.60 bits per heavy atom. The van der Waals surface area contributed by atoms with Gasteiger partial charge in [-0.05, 0) is 31.5 Å². The molecular formula is C17H26F2IN3O2. The molecule has 0 amide bonds. The van der Waals surface area contributed by atoms with Gasteiger partial charge < -0.3 is 20.5 Å². The van der Waals surface area contributed by atoms with E-state index in [0.717, 1.165) is 6.07 Å². The number of rotatable bonds is 5. The van der Waals surface area contributed by atoms with Gasteiger partial charge in [-0.2, -0.15) is 0 Å². The smallest absolute Gasteiger partial charge is 0.191 e. The first-order chi connectivity index (χ1) is 11.4. The fraction of sp³-hybridized carbons (Fsp3) is 0.588. The summed E-state index contributed by atoms with van der Waals surface area (Å²) in [6, 6.07) is 3.55. The Kier molecular flexibility index (Phi) is 9.01. The number of nitrogens with zero attached hydrogens (tertiary/aromatic N) is 1. The maximum atomic E-state index is 13.4. The van der Waals surface area contributed by atoms with E-state index in [4.69, 9.17) is 4.74 Å². The minimum Gasteiger partial charge on any atom is -0.388 e. The molecule has 1 atom stereocenters. The molecule has 25 heavy (non-hydrogen) atoms. The second kappa shape index (κ2) is 10.2. The summed E-state index contributed by atoms with van der Waals surface area (Å²) in [5.74, 6) is -1.22. The van der Waals surface area contributed by atoms with Crippen molar-refractivity contribution < 1.29 is 18.6 Å². The van der Waals surface area contributed by atoms with Crippen molar-refractivity contribution in [2.24, 2.45) is 4.99 Å². The summed E-state index contributed by atoms with van der Waals surface area (Å²) in [4.78, 5) is 4.44. The summed E-state index contributed by atoms with van der Waals surface area (Å²) >= 11 is 0. The minimum absolute atomic E-state index is 0. The molecule has 0 aromatic heterocycles. The lowest BCUT2D eigenvalue weighted by atomic mass is 9.95. The lowest BCUT2D eigenvalue weighted by Gasteiger charge is -2.30. The van der Waals surface area contributed by atoms with Crippen LogP contribution < -0.4 is 10.6 Å². The van der Waals surface area contributed by atoms with Gasteiger partial charge in [0.2, 0.25) is 0 Å². The molecule has 1 aromatic carbocycles. The number of hydrogen-bond donors (Lipinski definition) is 3. The first-order valence-corrected chi connectivity index (χ1v) is 8.23. The topological polar surface area (TPSA) is 65.9 Å². The van der Waals surface area contributed by atoms with Gasteiger partial charge in [0.15, 0.2) is 17.6 Å². The van der Waals surface area contributed by atoms with Crippen LogP contribution in [0, 0.1) is 11.6 Å². The van der Waals surface area contributed by atoms with Crippen LogP contribution >= 0.6 is 24.0 Å². The molecule has 5 nitrogen and oxygen atoms in total. The van der Waals surface area contributed by atoms with Crippen LogP contribution in [0.3, 0.4) is 0 Å². The Hall–Kier alpha value is -1.00. The fourth-order valence-electron chi connectivity index (χ4n) is 2.53. The highest BCUT2D eigenvalue weighted by molar-refractivity contribution is 14.0. The number of ether oxygens (including phenoxy) is 1. The van der Waals surface area contributed by atoms with Crippen LogP contribution in [-0.2, 0) is 4.74 Å². The summed E-state index contributed by atoms with van der Waals surface area (Å²) in [6.07, 6.45) is 1.10. The number of halogens is 3. The van der Waals surface area contributed by atoms with Crippen LogP contribution in [0.15, 0.2) is 23.2 Å². The van der Waals surface area contributed by atoms with Crippen LogP contribution in [-0.4, -0.2) is 43.0 Å². The highest BCUT2D eigenvalue weighted by atomic mass is 127. The standard InChI is InChI=1S/C17H25F2N3O2.HI/c1-3-20-16(21-11-17(23)6-8-24-9-7-17)22-12(2)13-4-5-14(18)15(19)10-13;/h4-5,10,12,23H,3,6-9,11H2,1-2H3,(H2,20,21,22);1H. The Morgan fingerprint density at radius 2 is 2.00 bits per heavy atom. The average Bonchev–Trinajstić information content (AvgIpc) is 2.56. The summed E-state index contributed by atoms with van der Waals surface area (Å²) in [5, 5.41) is 16.7. The monoisotopic (exact) mass is 469 g/mol. The summed E-state index contributed by atoms with van der Waals surface area (Å²) < 4.78 is 31.7. The molecule has 0 spiro atoms. The van der Waals surface area contributed by atoms with Crippen LogP contribution in [0.1, 0.15) is 38.3 Å². The zero-order chi connectivity index (χ0) is 17.6. The molecule has 1 fully saturated rings. The molecule has 0 aliphatic carbocycles. The molecule has 0 saturated carbocycles. The summed E-state index contributed by atoms with van der Waals surface area (Å²) in [7, 11) is 0. The first-order valence-electron chi connectivity index (χ1n) is 8.23. The van der Waals surface area contributed by atoms with Crippen molar-refractivity contribution in [3.63, 3.8) is 0 Å². The second-order valence-corrected chi connectivity index (χ2v) is 6.07. The lowest BCUT2D eigenvalue weighted by Crippen LogP contribution is -2.43. The van der Waals surface area contributed by atoms with E-state index < -0.39 is 17.2 Å². The summed E-state index contributed by atoms with van der Waals surface area (Å²) in [5.41, 5.74) is -0.240. The van der Waals surface area contributed by atoms with Crippen molar-refractivity contribution in [2.75, 3.05) is 26.3 Å². The third kappa shape index (κ3) is 6.67. The SMILES string of the molecule is CCNC(=NCC1(O)CCOCC1)NC(C)c1ccc(F)c(F)c1.I. The normalized spacial score (nSPS) is 18.2. The number of aliphatic hydroxyl groups is 1. The average molecular weight is 469 g/mol. The van der Waals surface area contributed by atoms with Gasteiger partial charge in [0, 0.05) is 32.6 Å². The lowest BCUT2D eigenvalue weighted by molar-refractivity contribution is -0.0566. The number of guanidine groups is 1. The molecule has 142 valence electrons. The molecule has 1 aliphatic rings. The highest BCUT2D eigenvalue weighted by Crippen LogP contribution is 2.21. The molecule has 1 unspecified atom stereocenters. The number of hydrogen-bond acceptors (Lipinski definition) is 3. The third-order valence-electron chi connectivity index (χ3n) is 4.10. The predicted octanol–water partition coefficient (Wildman–Crippen LogP) is 2.74. The summed E-state index contributed by atoms with van der Waals surface area (Å²) in [6.45, 7) is 5.74. The largest absolute Gasteiger partial charge is 0.388 e. The van der Waals surface area contributed by atoms with Crippen molar-refractivity contribution in [3.8, 4) is 0 Å². The molecule has 1 aliphatic heterocycles. The third-order valence-corrected chi connectivity index (χ3v) is 4.10. The van der Waals surface area contributed by atoms with Crippen LogP contribution in [0.2, 0.25) is 0 Å². The van der Waals surface area contributed by atoms with E-state index in [1.807, 2.05) is 13.8 Å². The van der Waals surface area contributed by atoms with Crippen molar-refractivity contribution in [1.29, 1.82) is 0 Å². The van der Waals surface area contributed by atoms with Crippen LogP contribution in [0.4, 0.5) is 8.78 Å². The van der Waals surface area contributed by atoms with E-state index in [1.165, 1.54) is 12.1 Å². The molecule has 1 saturated heterocycles. The quantitative estimate of drug-likeness (QED) is 0.353. The zero-order valence-electron chi connectivity index (χ0n) is 14.5. The van der Waals surface area contributed by atoms with Gasteiger partial charge in [-0.15, -0.1) is 24.0 Å². The molecule has 1 aromatic rings. The van der Waals surface area contributed by atoms with Gasteiger partial charge in [-0.25, -0.2) is 8.78 Å². The maximum Gasteiger partial charge on any atom is 0.191 e. The highest BCUT2D eigenvalue weighted by Gasteiger charge is 2.29. The Labute approximate surface area is 164 Å². The Bertz CT molecular complexity index is 581. The molecule has 1 heterocycles. The zero-order valence-corrected chi connectivity index (χ0v) is 16.8. The van der Waals surface area contributed by atoms with Crippen molar-refractivity contribution in [2.45, 2.75) is 38.3 Å². The van der Waals surface area contributed by atoms with Gasteiger partial charge in [-0.1, -0.05) is 6.07 Å². The predicted molar refractivity (Wildman–Crippen MR) is 104 cm³/mol. The maximum absolute atomic E-state index is 13.4. The van der Waals surface area contributed by atoms with E-state index in [0.29, 0.717) is 44.1 Å². The van der Waals surface area contributed by atoms with E-state index in [-0.39, 0.29) is 36.6 Å². The molecule has 2 rings (SSSR count). The Morgan fingerprint density at radius 1 is 1.32 bits per heavy atom. The van der Waals surface area contributed by atoms with Gasteiger partial charge in [0.05, 0.1) is 18.2 Å². The van der Waals surface area contributed by atoms with E-state index in [2.05, 4.69) is 15.6 Å². The van der Waals surface area contributed by atoms with Crippen LogP contribution in [0.25, 0.3) is 0 Å². The molecule has 8 heteroatoms. The number of aliphatic imine (C=N–C) groups is 1. The molecule has 0 bridgehead atoms. The minimum atomic E-state index is -0.875. The molecule has 3 N–H and O–H groups in total. The van der Waals surface area contributed by atoms with E-state index >= 15 is 0 Å². The van der Waals surface area contributed by atoms with E-state index in [9.17, 15) is 13.9 Å².